The zero-order valence-corrected chi connectivity index (χ0v) is 12.2. The molecule has 20 heavy (non-hydrogen) atoms. The Labute approximate surface area is 122 Å². The summed E-state index contributed by atoms with van der Waals surface area (Å²) in [6.45, 7) is 2.53. The predicted octanol–water partition coefficient (Wildman–Crippen LogP) is 3.14. The number of halogens is 3. The smallest absolute Gasteiger partial charge is 0.387 e. The normalized spacial score (nSPS) is 18.4. The summed E-state index contributed by atoms with van der Waals surface area (Å²) in [4.78, 5) is 1.98. The average molecular weight is 306 g/mol. The Balaban J connectivity index is 2.05. The Morgan fingerprint density at radius 1 is 1.40 bits per heavy atom. The van der Waals surface area contributed by atoms with Gasteiger partial charge in [0, 0.05) is 30.2 Å². The molecule has 1 aromatic rings. The average Bonchev–Trinajstić information content (AvgIpc) is 2.29. The Morgan fingerprint density at radius 2 is 2.05 bits per heavy atom. The number of alkyl halides is 2. The fourth-order valence-electron chi connectivity index (χ4n) is 2.33. The first-order valence-corrected chi connectivity index (χ1v) is 6.86. The van der Waals surface area contributed by atoms with E-state index in [4.69, 9.17) is 11.6 Å². The Hall–Kier alpha value is -0.910. The van der Waals surface area contributed by atoms with Crippen molar-refractivity contribution in [2.45, 2.75) is 32.6 Å². The fourth-order valence-corrected chi connectivity index (χ4v) is 2.52. The van der Waals surface area contributed by atoms with Gasteiger partial charge in [0.25, 0.3) is 0 Å². The zero-order chi connectivity index (χ0) is 14.9. The molecule has 1 aromatic carbocycles. The molecule has 1 fully saturated rings. The van der Waals surface area contributed by atoms with Gasteiger partial charge in [0.15, 0.2) is 0 Å². The molecule has 0 radical (unpaired) electrons. The lowest BCUT2D eigenvalue weighted by molar-refractivity contribution is -0.131. The van der Waals surface area contributed by atoms with E-state index >= 15 is 0 Å². The molecule has 0 aromatic heterocycles. The van der Waals surface area contributed by atoms with Crippen molar-refractivity contribution in [3.8, 4) is 5.75 Å². The van der Waals surface area contributed by atoms with Gasteiger partial charge in [-0.05, 0) is 24.1 Å². The molecule has 0 amide bonds. The van der Waals surface area contributed by atoms with Gasteiger partial charge in [0.05, 0.1) is 5.60 Å². The van der Waals surface area contributed by atoms with E-state index < -0.39 is 12.2 Å². The highest BCUT2D eigenvalue weighted by atomic mass is 35.5. The number of ether oxygens (including phenoxy) is 1. The topological polar surface area (TPSA) is 32.7 Å². The lowest BCUT2D eigenvalue weighted by atomic mass is 9.83. The molecule has 1 heterocycles. The van der Waals surface area contributed by atoms with Gasteiger partial charge in [0.1, 0.15) is 5.75 Å². The minimum absolute atomic E-state index is 0.129. The molecule has 0 aliphatic carbocycles. The molecule has 2 rings (SSSR count). The summed E-state index contributed by atoms with van der Waals surface area (Å²) < 4.78 is 29.2. The van der Waals surface area contributed by atoms with Gasteiger partial charge < -0.3 is 9.84 Å². The molecule has 0 saturated carbocycles. The second-order valence-electron chi connectivity index (χ2n) is 5.53. The van der Waals surface area contributed by atoms with Crippen LogP contribution in [0.1, 0.15) is 19.4 Å². The van der Waals surface area contributed by atoms with Gasteiger partial charge >= 0.3 is 6.61 Å². The van der Waals surface area contributed by atoms with Crippen LogP contribution in [0.2, 0.25) is 5.02 Å². The maximum Gasteiger partial charge on any atom is 0.387 e. The van der Waals surface area contributed by atoms with E-state index in [0.717, 1.165) is 0 Å². The van der Waals surface area contributed by atoms with Gasteiger partial charge in [-0.1, -0.05) is 25.4 Å². The van der Waals surface area contributed by atoms with E-state index in [9.17, 15) is 13.9 Å². The highest BCUT2D eigenvalue weighted by molar-refractivity contribution is 6.30. The maximum atomic E-state index is 12.4. The molecule has 3 nitrogen and oxygen atoms in total. The first kappa shape index (κ1) is 15.5. The summed E-state index contributed by atoms with van der Waals surface area (Å²) in [5.41, 5.74) is -0.0916. The second-order valence-corrected chi connectivity index (χ2v) is 5.97. The molecule has 0 atom stereocenters. The molecular formula is C14H18ClF2NO2. The number of hydrogen-bond donors (Lipinski definition) is 1. The van der Waals surface area contributed by atoms with E-state index in [2.05, 4.69) is 4.74 Å². The number of benzene rings is 1. The van der Waals surface area contributed by atoms with Crippen LogP contribution in [0.25, 0.3) is 0 Å². The van der Waals surface area contributed by atoms with Crippen molar-refractivity contribution in [2.75, 3.05) is 13.1 Å². The Morgan fingerprint density at radius 3 is 2.60 bits per heavy atom. The minimum Gasteiger partial charge on any atom is -0.434 e. The van der Waals surface area contributed by atoms with E-state index in [0.29, 0.717) is 30.2 Å². The predicted molar refractivity (Wildman–Crippen MR) is 73.1 cm³/mol. The number of likely N-dealkylation sites (tertiary alicyclic amines) is 1. The lowest BCUT2D eigenvalue weighted by Crippen LogP contribution is -2.63. The molecule has 112 valence electrons. The summed E-state index contributed by atoms with van der Waals surface area (Å²) in [7, 11) is 0. The molecule has 1 N–H and O–H groups in total. The van der Waals surface area contributed by atoms with Crippen LogP contribution in [-0.2, 0) is 6.54 Å². The molecule has 1 saturated heterocycles. The van der Waals surface area contributed by atoms with Crippen molar-refractivity contribution in [2.24, 2.45) is 5.92 Å². The van der Waals surface area contributed by atoms with Gasteiger partial charge in [0.2, 0.25) is 0 Å². The molecule has 1 aliphatic heterocycles. The number of β-amino-alcohol motifs (C(OH)–C–C–N with tert-alkyl or cyclic N) is 1. The maximum absolute atomic E-state index is 12.4. The summed E-state index contributed by atoms with van der Waals surface area (Å²) in [5, 5.41) is 10.7. The van der Waals surface area contributed by atoms with Gasteiger partial charge in [-0.25, -0.2) is 0 Å². The third-order valence-corrected chi connectivity index (χ3v) is 3.94. The van der Waals surface area contributed by atoms with Crippen molar-refractivity contribution >= 4 is 11.6 Å². The van der Waals surface area contributed by atoms with E-state index in [-0.39, 0.29) is 11.7 Å². The van der Waals surface area contributed by atoms with Crippen LogP contribution < -0.4 is 4.74 Å². The second kappa shape index (κ2) is 5.84. The summed E-state index contributed by atoms with van der Waals surface area (Å²) in [6.07, 6.45) is 0. The van der Waals surface area contributed by atoms with E-state index in [1.54, 1.807) is 6.07 Å². The van der Waals surface area contributed by atoms with Crippen molar-refractivity contribution in [3.05, 3.63) is 28.8 Å². The van der Waals surface area contributed by atoms with Gasteiger partial charge in [-0.2, -0.15) is 8.78 Å². The van der Waals surface area contributed by atoms with E-state index in [1.807, 2.05) is 18.7 Å². The Kier molecular flexibility index (Phi) is 4.52. The zero-order valence-electron chi connectivity index (χ0n) is 11.4. The third-order valence-electron chi connectivity index (χ3n) is 3.70. The monoisotopic (exact) mass is 305 g/mol. The molecule has 1 aliphatic rings. The van der Waals surface area contributed by atoms with Crippen LogP contribution in [0.4, 0.5) is 8.78 Å². The fraction of sp³-hybridized carbons (Fsp3) is 0.571. The molecule has 0 spiro atoms. The summed E-state index contributed by atoms with van der Waals surface area (Å²) in [5.74, 6) is 0.291. The Bertz CT molecular complexity index is 476. The van der Waals surface area contributed by atoms with Crippen LogP contribution in [-0.4, -0.2) is 35.3 Å². The first-order chi connectivity index (χ1) is 9.30. The molecule has 0 bridgehead atoms. The van der Waals surface area contributed by atoms with Gasteiger partial charge in [-0.3, -0.25) is 4.90 Å². The number of hydrogen-bond acceptors (Lipinski definition) is 3. The number of nitrogens with zero attached hydrogens (tertiary/aromatic N) is 1. The van der Waals surface area contributed by atoms with Crippen LogP contribution in [0.3, 0.4) is 0 Å². The largest absolute Gasteiger partial charge is 0.434 e. The molecule has 0 unspecified atom stereocenters. The highest BCUT2D eigenvalue weighted by Gasteiger charge is 2.43. The van der Waals surface area contributed by atoms with Crippen LogP contribution in [0.5, 0.6) is 5.75 Å². The first-order valence-electron chi connectivity index (χ1n) is 6.48. The summed E-state index contributed by atoms with van der Waals surface area (Å²) in [6, 6.07) is 4.58. The van der Waals surface area contributed by atoms with E-state index in [1.165, 1.54) is 12.1 Å². The van der Waals surface area contributed by atoms with Crippen LogP contribution in [0, 0.1) is 5.92 Å². The summed E-state index contributed by atoms with van der Waals surface area (Å²) >= 11 is 5.89. The highest BCUT2D eigenvalue weighted by Crippen LogP contribution is 2.32. The minimum atomic E-state index is -2.86. The van der Waals surface area contributed by atoms with Crippen LogP contribution >= 0.6 is 11.6 Å². The molecule has 6 heteroatoms. The van der Waals surface area contributed by atoms with Gasteiger partial charge in [-0.15, -0.1) is 0 Å². The SMILES string of the molecule is CC(C)C1(O)CN(Cc2cc(Cl)ccc2OC(F)F)C1. The van der Waals surface area contributed by atoms with Crippen molar-refractivity contribution in [1.82, 2.24) is 4.90 Å². The number of aliphatic hydroxyl groups is 1. The quantitative estimate of drug-likeness (QED) is 0.907. The van der Waals surface area contributed by atoms with Crippen molar-refractivity contribution in [1.29, 1.82) is 0 Å². The lowest BCUT2D eigenvalue weighted by Gasteiger charge is -2.49. The van der Waals surface area contributed by atoms with Crippen molar-refractivity contribution < 1.29 is 18.6 Å². The third kappa shape index (κ3) is 3.40. The van der Waals surface area contributed by atoms with Crippen molar-refractivity contribution in [3.63, 3.8) is 0 Å². The van der Waals surface area contributed by atoms with Crippen LogP contribution in [0.15, 0.2) is 18.2 Å². The molecular weight excluding hydrogens is 288 g/mol. The standard InChI is InChI=1S/C14H18ClF2NO2/c1-9(2)14(19)7-18(8-14)6-10-5-11(15)3-4-12(10)20-13(16)17/h3-5,9,13,19H,6-8H2,1-2H3. The number of rotatable bonds is 5.